The van der Waals surface area contributed by atoms with E-state index in [-0.39, 0.29) is 0 Å². The third kappa shape index (κ3) is 7.09. The first-order valence-electron chi connectivity index (χ1n) is 6.42. The van der Waals surface area contributed by atoms with Crippen molar-refractivity contribution in [1.29, 1.82) is 0 Å². The Kier molecular flexibility index (Phi) is 7.31. The van der Waals surface area contributed by atoms with Gasteiger partial charge in [-0.1, -0.05) is 19.3 Å². The van der Waals surface area contributed by atoms with Gasteiger partial charge in [-0.25, -0.2) is 0 Å². The highest BCUT2D eigenvalue weighted by atomic mass is 28.3. The molecule has 0 unspecified atom stereocenters. The van der Waals surface area contributed by atoms with Gasteiger partial charge in [0.25, 0.3) is 0 Å². The lowest BCUT2D eigenvalue weighted by molar-refractivity contribution is 0.301. The van der Waals surface area contributed by atoms with E-state index in [1.54, 1.807) is 0 Å². The summed E-state index contributed by atoms with van der Waals surface area (Å²) in [5.41, 5.74) is 0. The second kappa shape index (κ2) is 8.31. The molecule has 0 aromatic heterocycles. The summed E-state index contributed by atoms with van der Waals surface area (Å²) in [5, 5.41) is 3.42. The molecule has 0 aliphatic carbocycles. The Labute approximate surface area is 96.5 Å². The highest BCUT2D eigenvalue weighted by molar-refractivity contribution is 6.48. The third-order valence-corrected chi connectivity index (χ3v) is 3.89. The third-order valence-electron chi connectivity index (χ3n) is 3.11. The van der Waals surface area contributed by atoms with Crippen molar-refractivity contribution >= 4 is 9.04 Å². The van der Waals surface area contributed by atoms with Crippen LogP contribution in [0.4, 0.5) is 0 Å². The molecular weight excluding hydrogens is 202 g/mol. The van der Waals surface area contributed by atoms with Crippen molar-refractivity contribution < 1.29 is 4.43 Å². The van der Waals surface area contributed by atoms with Crippen LogP contribution in [-0.2, 0) is 4.43 Å². The van der Waals surface area contributed by atoms with Crippen molar-refractivity contribution in [3.05, 3.63) is 0 Å². The zero-order chi connectivity index (χ0) is 10.9. The van der Waals surface area contributed by atoms with E-state index in [0.717, 1.165) is 12.5 Å². The topological polar surface area (TPSA) is 21.3 Å². The van der Waals surface area contributed by atoms with Gasteiger partial charge in [0.05, 0.1) is 0 Å². The molecule has 3 heteroatoms. The van der Waals surface area contributed by atoms with Crippen LogP contribution >= 0.6 is 0 Å². The Morgan fingerprint density at radius 2 is 1.87 bits per heavy atom. The van der Waals surface area contributed by atoms with Gasteiger partial charge in [0.1, 0.15) is 0 Å². The molecule has 1 saturated heterocycles. The monoisotopic (exact) mass is 228 g/mol. The van der Waals surface area contributed by atoms with Gasteiger partial charge in [-0.15, -0.1) is 0 Å². The van der Waals surface area contributed by atoms with Crippen molar-refractivity contribution in [3.63, 3.8) is 0 Å². The lowest BCUT2D eigenvalue weighted by Crippen LogP contribution is -2.27. The van der Waals surface area contributed by atoms with Crippen molar-refractivity contribution in [2.24, 2.45) is 5.92 Å². The van der Waals surface area contributed by atoms with E-state index in [4.69, 9.17) is 4.43 Å². The zero-order valence-electron chi connectivity index (χ0n) is 10.3. The molecule has 1 aliphatic heterocycles. The zero-order valence-corrected chi connectivity index (χ0v) is 11.3. The summed E-state index contributed by atoms with van der Waals surface area (Å²) >= 11 is 0. The van der Waals surface area contributed by atoms with Gasteiger partial charge in [-0.05, 0) is 51.4 Å². The van der Waals surface area contributed by atoms with Gasteiger partial charge in [0.15, 0.2) is 0 Å². The van der Waals surface area contributed by atoms with Gasteiger partial charge in [-0.3, -0.25) is 0 Å². The summed E-state index contributed by atoms with van der Waals surface area (Å²) in [6.07, 6.45) is 8.27. The van der Waals surface area contributed by atoms with Crippen LogP contribution in [-0.4, -0.2) is 28.7 Å². The van der Waals surface area contributed by atoms with Crippen LogP contribution in [0.3, 0.4) is 0 Å². The molecule has 0 aromatic carbocycles. The molecule has 0 amide bonds. The van der Waals surface area contributed by atoms with Crippen LogP contribution in [0.2, 0.25) is 13.1 Å². The highest BCUT2D eigenvalue weighted by Gasteiger charge is 2.11. The Morgan fingerprint density at radius 1 is 1.13 bits per heavy atom. The van der Waals surface area contributed by atoms with Gasteiger partial charge in [0, 0.05) is 6.61 Å². The lowest BCUT2D eigenvalue weighted by atomic mass is 9.92. The maximum atomic E-state index is 5.63. The molecule has 15 heavy (non-hydrogen) atoms. The minimum Gasteiger partial charge on any atom is -0.417 e. The number of nitrogens with one attached hydrogen (secondary N) is 1. The Morgan fingerprint density at radius 3 is 2.53 bits per heavy atom. The Hall–Kier alpha value is 0.137. The minimum atomic E-state index is -0.450. The summed E-state index contributed by atoms with van der Waals surface area (Å²) in [7, 11) is -0.450. The van der Waals surface area contributed by atoms with Gasteiger partial charge >= 0.3 is 0 Å². The van der Waals surface area contributed by atoms with E-state index >= 15 is 0 Å². The molecule has 1 N–H and O–H groups in total. The average Bonchev–Trinajstić information content (AvgIpc) is 2.24. The van der Waals surface area contributed by atoms with Crippen molar-refractivity contribution in [1.82, 2.24) is 5.32 Å². The normalized spacial score (nSPS) is 18.6. The van der Waals surface area contributed by atoms with Crippen molar-refractivity contribution in [2.75, 3.05) is 19.7 Å². The van der Waals surface area contributed by atoms with Crippen LogP contribution in [0.5, 0.6) is 0 Å². The molecule has 2 nitrogen and oxygen atoms in total. The first-order valence-corrected chi connectivity index (χ1v) is 8.83. The summed E-state index contributed by atoms with van der Waals surface area (Å²) in [6.45, 7) is 7.89. The van der Waals surface area contributed by atoms with E-state index in [9.17, 15) is 0 Å². The Bertz CT molecular complexity index is 147. The van der Waals surface area contributed by atoms with Gasteiger partial charge < -0.3 is 9.74 Å². The number of piperidine rings is 1. The number of unbranched alkanes of at least 4 members (excludes halogenated alkanes) is 2. The van der Waals surface area contributed by atoms with Crippen LogP contribution < -0.4 is 5.32 Å². The first-order chi connectivity index (χ1) is 7.29. The number of hydrogen-bond acceptors (Lipinski definition) is 2. The molecule has 0 aromatic rings. The fourth-order valence-electron chi connectivity index (χ4n) is 2.16. The highest BCUT2D eigenvalue weighted by Crippen LogP contribution is 2.19. The maximum Gasteiger partial charge on any atom is 0.204 e. The maximum absolute atomic E-state index is 5.63. The summed E-state index contributed by atoms with van der Waals surface area (Å²) in [5.74, 6) is 1.00. The Balaban J connectivity index is 1.83. The molecule has 0 atom stereocenters. The second-order valence-electron chi connectivity index (χ2n) is 4.80. The van der Waals surface area contributed by atoms with Gasteiger partial charge in [0.2, 0.25) is 9.04 Å². The molecule has 1 rings (SSSR count). The largest absolute Gasteiger partial charge is 0.417 e. The van der Waals surface area contributed by atoms with Crippen LogP contribution in [0.25, 0.3) is 0 Å². The van der Waals surface area contributed by atoms with Crippen LogP contribution in [0.1, 0.15) is 38.5 Å². The molecular formula is C12H26NOSi. The van der Waals surface area contributed by atoms with E-state index in [0.29, 0.717) is 0 Å². The predicted octanol–water partition coefficient (Wildman–Crippen LogP) is 2.81. The number of rotatable bonds is 7. The van der Waals surface area contributed by atoms with Gasteiger partial charge in [-0.2, -0.15) is 0 Å². The van der Waals surface area contributed by atoms with Crippen molar-refractivity contribution in [2.45, 2.75) is 51.6 Å². The van der Waals surface area contributed by atoms with E-state index < -0.39 is 9.04 Å². The van der Waals surface area contributed by atoms with Crippen LogP contribution in [0, 0.1) is 5.92 Å². The molecule has 1 aliphatic rings. The fourth-order valence-corrected chi connectivity index (χ4v) is 2.71. The van der Waals surface area contributed by atoms with E-state index in [1.807, 2.05) is 0 Å². The van der Waals surface area contributed by atoms with Crippen molar-refractivity contribution in [3.8, 4) is 0 Å². The fraction of sp³-hybridized carbons (Fsp3) is 1.00. The van der Waals surface area contributed by atoms with E-state index in [2.05, 4.69) is 18.4 Å². The first kappa shape index (κ1) is 13.2. The van der Waals surface area contributed by atoms with Crippen LogP contribution in [0.15, 0.2) is 0 Å². The SMILES string of the molecule is C[Si](C)OCCCCCC1CCNCC1. The quantitative estimate of drug-likeness (QED) is 0.534. The molecule has 0 saturated carbocycles. The molecule has 0 bridgehead atoms. The molecule has 0 spiro atoms. The number of hydrogen-bond donors (Lipinski definition) is 1. The molecule has 1 heterocycles. The standard InChI is InChI=1S/C12H26NOSi/c1-15(2)14-11-5-3-4-6-12-7-9-13-10-8-12/h12-13H,3-11H2,1-2H3. The summed E-state index contributed by atoms with van der Waals surface area (Å²) < 4.78 is 5.63. The molecule has 89 valence electrons. The second-order valence-corrected chi connectivity index (χ2v) is 6.90. The predicted molar refractivity (Wildman–Crippen MR) is 67.5 cm³/mol. The smallest absolute Gasteiger partial charge is 0.204 e. The molecule has 1 fully saturated rings. The lowest BCUT2D eigenvalue weighted by Gasteiger charge is -2.22. The average molecular weight is 228 g/mol. The van der Waals surface area contributed by atoms with E-state index in [1.165, 1.54) is 51.6 Å². The minimum absolute atomic E-state index is 0.450. The molecule has 1 radical (unpaired) electrons. The summed E-state index contributed by atoms with van der Waals surface area (Å²) in [6, 6.07) is 0. The summed E-state index contributed by atoms with van der Waals surface area (Å²) in [4.78, 5) is 0.